The number of nitro benzene ring substituents is 1. The second-order valence-electron chi connectivity index (χ2n) is 4.78. The van der Waals surface area contributed by atoms with Crippen molar-refractivity contribution in [1.82, 2.24) is 4.90 Å². The van der Waals surface area contributed by atoms with Gasteiger partial charge in [-0.2, -0.15) is 0 Å². The third-order valence-electron chi connectivity index (χ3n) is 3.47. The quantitative estimate of drug-likeness (QED) is 0.484. The lowest BCUT2D eigenvalue weighted by atomic mass is 9.98. The van der Waals surface area contributed by atoms with Gasteiger partial charge in [0.05, 0.1) is 9.95 Å². The number of likely N-dealkylation sites (tertiary alicyclic amines) is 1. The van der Waals surface area contributed by atoms with Crippen molar-refractivity contribution in [2.75, 3.05) is 13.1 Å². The van der Waals surface area contributed by atoms with Crippen LogP contribution in [-0.2, 0) is 11.3 Å². The highest BCUT2D eigenvalue weighted by Crippen LogP contribution is 2.25. The van der Waals surface area contributed by atoms with Gasteiger partial charge < -0.3 is 4.79 Å². The van der Waals surface area contributed by atoms with E-state index in [9.17, 15) is 14.9 Å². The van der Waals surface area contributed by atoms with Gasteiger partial charge in [0, 0.05) is 24.6 Å². The molecular formula is C13H15ClN2O3. The Morgan fingerprint density at radius 3 is 2.63 bits per heavy atom. The molecule has 0 spiro atoms. The number of carbonyl (C=O) groups excluding carboxylic acids is 1. The van der Waals surface area contributed by atoms with Gasteiger partial charge in [-0.25, -0.2) is 0 Å². The lowest BCUT2D eigenvalue weighted by molar-refractivity contribution is -0.384. The summed E-state index contributed by atoms with van der Waals surface area (Å²) in [6, 6.07) is 4.56. The van der Waals surface area contributed by atoms with Crippen molar-refractivity contribution in [3.63, 3.8) is 0 Å². The minimum Gasteiger partial charge on any atom is -0.303 e. The molecule has 0 bridgehead atoms. The molecule has 102 valence electrons. The van der Waals surface area contributed by atoms with Gasteiger partial charge in [0.25, 0.3) is 5.69 Å². The third kappa shape index (κ3) is 3.52. The zero-order chi connectivity index (χ0) is 13.8. The third-order valence-corrected chi connectivity index (χ3v) is 3.82. The summed E-state index contributed by atoms with van der Waals surface area (Å²) in [6.45, 7) is 2.38. The molecular weight excluding hydrogens is 268 g/mol. The maximum Gasteiger partial charge on any atom is 0.270 e. The average molecular weight is 283 g/mol. The molecule has 0 radical (unpaired) electrons. The second kappa shape index (κ2) is 6.12. The van der Waals surface area contributed by atoms with E-state index in [0.29, 0.717) is 11.6 Å². The number of carbonyl (C=O) groups is 1. The molecule has 0 unspecified atom stereocenters. The minimum atomic E-state index is -0.453. The maximum absolute atomic E-state index is 10.7. The number of rotatable bonds is 4. The molecule has 1 aliphatic heterocycles. The first-order chi connectivity index (χ1) is 9.10. The fraction of sp³-hybridized carbons (Fsp3) is 0.462. The van der Waals surface area contributed by atoms with E-state index in [1.807, 2.05) is 0 Å². The molecule has 1 saturated heterocycles. The van der Waals surface area contributed by atoms with Crippen LogP contribution in [0.5, 0.6) is 0 Å². The van der Waals surface area contributed by atoms with Crippen LogP contribution in [0, 0.1) is 16.0 Å². The van der Waals surface area contributed by atoms with Crippen molar-refractivity contribution < 1.29 is 9.72 Å². The van der Waals surface area contributed by atoms with Crippen LogP contribution in [-0.4, -0.2) is 29.2 Å². The van der Waals surface area contributed by atoms with Crippen LogP contribution in [0.25, 0.3) is 0 Å². The maximum atomic E-state index is 10.7. The molecule has 1 aliphatic rings. The Bertz CT molecular complexity index is 485. The van der Waals surface area contributed by atoms with Crippen molar-refractivity contribution in [2.24, 2.45) is 5.92 Å². The van der Waals surface area contributed by atoms with E-state index in [2.05, 4.69) is 4.90 Å². The first-order valence-corrected chi connectivity index (χ1v) is 6.58. The van der Waals surface area contributed by atoms with Crippen LogP contribution < -0.4 is 0 Å². The van der Waals surface area contributed by atoms with Crippen LogP contribution in [0.2, 0.25) is 5.02 Å². The number of non-ortho nitro benzene ring substituents is 1. The Morgan fingerprint density at radius 1 is 1.42 bits per heavy atom. The van der Waals surface area contributed by atoms with Gasteiger partial charge in [-0.3, -0.25) is 15.0 Å². The topological polar surface area (TPSA) is 63.5 Å². The molecule has 19 heavy (non-hydrogen) atoms. The molecule has 2 rings (SSSR count). The summed E-state index contributed by atoms with van der Waals surface area (Å²) in [5.41, 5.74) is 0.894. The first-order valence-electron chi connectivity index (χ1n) is 6.20. The van der Waals surface area contributed by atoms with E-state index in [-0.39, 0.29) is 11.6 Å². The monoisotopic (exact) mass is 282 g/mol. The molecule has 1 fully saturated rings. The van der Waals surface area contributed by atoms with Crippen molar-refractivity contribution in [2.45, 2.75) is 19.4 Å². The fourth-order valence-electron chi connectivity index (χ4n) is 2.27. The molecule has 1 aromatic carbocycles. The summed E-state index contributed by atoms with van der Waals surface area (Å²) < 4.78 is 0. The zero-order valence-electron chi connectivity index (χ0n) is 10.4. The highest BCUT2D eigenvalue weighted by molar-refractivity contribution is 6.31. The van der Waals surface area contributed by atoms with Gasteiger partial charge >= 0.3 is 0 Å². The summed E-state index contributed by atoms with van der Waals surface area (Å²) in [5.74, 6) is 0.170. The number of halogens is 1. The largest absolute Gasteiger partial charge is 0.303 e. The Balaban J connectivity index is 2.00. The Kier molecular flexibility index (Phi) is 4.50. The highest BCUT2D eigenvalue weighted by Gasteiger charge is 2.19. The van der Waals surface area contributed by atoms with Crippen molar-refractivity contribution in [1.29, 1.82) is 0 Å². The SMILES string of the molecule is O=CC1CCN(Cc2ccc([N+](=O)[O-])cc2Cl)CC1. The predicted octanol–water partition coefficient (Wildman–Crippen LogP) is 2.66. The molecule has 1 heterocycles. The molecule has 0 aromatic heterocycles. The van der Waals surface area contributed by atoms with E-state index in [4.69, 9.17) is 11.6 Å². The molecule has 0 saturated carbocycles. The minimum absolute atomic E-state index is 0.00779. The lowest BCUT2D eigenvalue weighted by Gasteiger charge is -2.29. The number of piperidine rings is 1. The van der Waals surface area contributed by atoms with E-state index in [1.165, 1.54) is 12.1 Å². The van der Waals surface area contributed by atoms with Gasteiger partial charge in [0.1, 0.15) is 6.29 Å². The molecule has 1 aromatic rings. The highest BCUT2D eigenvalue weighted by atomic mass is 35.5. The van der Waals surface area contributed by atoms with Crippen LogP contribution >= 0.6 is 11.6 Å². The lowest BCUT2D eigenvalue weighted by Crippen LogP contribution is -2.33. The normalized spacial score (nSPS) is 17.3. The molecule has 0 aliphatic carbocycles. The van der Waals surface area contributed by atoms with Crippen LogP contribution in [0.15, 0.2) is 18.2 Å². The summed E-state index contributed by atoms with van der Waals surface area (Å²) >= 11 is 6.06. The van der Waals surface area contributed by atoms with Crippen LogP contribution in [0.3, 0.4) is 0 Å². The Labute approximate surface area is 116 Å². The smallest absolute Gasteiger partial charge is 0.270 e. The van der Waals surface area contributed by atoms with Crippen LogP contribution in [0.1, 0.15) is 18.4 Å². The summed E-state index contributed by atoms with van der Waals surface area (Å²) in [4.78, 5) is 23.1. The molecule has 5 nitrogen and oxygen atoms in total. The van der Waals surface area contributed by atoms with Gasteiger partial charge in [-0.1, -0.05) is 11.6 Å². The van der Waals surface area contributed by atoms with Gasteiger partial charge in [0.15, 0.2) is 0 Å². The zero-order valence-corrected chi connectivity index (χ0v) is 11.2. The molecule has 0 atom stereocenters. The van der Waals surface area contributed by atoms with Gasteiger partial charge in [-0.15, -0.1) is 0 Å². The summed E-state index contributed by atoms with van der Waals surface area (Å²) in [6.07, 6.45) is 2.76. The second-order valence-corrected chi connectivity index (χ2v) is 5.19. The Hall–Kier alpha value is -1.46. The Morgan fingerprint density at radius 2 is 2.11 bits per heavy atom. The van der Waals surface area contributed by atoms with Gasteiger partial charge in [0.2, 0.25) is 0 Å². The molecule has 0 amide bonds. The fourth-order valence-corrected chi connectivity index (χ4v) is 2.50. The summed E-state index contributed by atoms with van der Waals surface area (Å²) in [5, 5.41) is 11.0. The van der Waals surface area contributed by atoms with E-state index >= 15 is 0 Å². The number of benzene rings is 1. The number of nitrogens with zero attached hydrogens (tertiary/aromatic N) is 2. The first kappa shape index (κ1) is 14.0. The number of nitro groups is 1. The van der Waals surface area contributed by atoms with Crippen molar-refractivity contribution >= 4 is 23.6 Å². The standard InChI is InChI=1S/C13H15ClN2O3/c14-13-7-12(16(18)19)2-1-11(13)8-15-5-3-10(9-17)4-6-15/h1-2,7,9-10H,3-6,8H2. The number of hydrogen-bond donors (Lipinski definition) is 0. The van der Waals surface area contributed by atoms with E-state index in [0.717, 1.165) is 37.8 Å². The average Bonchev–Trinajstić information content (AvgIpc) is 2.41. The predicted molar refractivity (Wildman–Crippen MR) is 72.2 cm³/mol. The van der Waals surface area contributed by atoms with Gasteiger partial charge in [-0.05, 0) is 37.6 Å². The van der Waals surface area contributed by atoms with Crippen molar-refractivity contribution in [3.8, 4) is 0 Å². The number of hydrogen-bond acceptors (Lipinski definition) is 4. The summed E-state index contributed by atoms with van der Waals surface area (Å²) in [7, 11) is 0. The van der Waals surface area contributed by atoms with Crippen molar-refractivity contribution in [3.05, 3.63) is 38.9 Å². The number of aldehydes is 1. The van der Waals surface area contributed by atoms with E-state index in [1.54, 1.807) is 6.07 Å². The van der Waals surface area contributed by atoms with Crippen LogP contribution in [0.4, 0.5) is 5.69 Å². The molecule has 0 N–H and O–H groups in total. The molecule has 6 heteroatoms. The van der Waals surface area contributed by atoms with E-state index < -0.39 is 4.92 Å².